The van der Waals surface area contributed by atoms with Crippen molar-refractivity contribution in [1.29, 1.82) is 0 Å². The minimum absolute atomic E-state index is 0.510. The van der Waals surface area contributed by atoms with Crippen LogP contribution >= 0.6 is 0 Å². The molecule has 0 amide bonds. The van der Waals surface area contributed by atoms with Crippen molar-refractivity contribution in [2.75, 3.05) is 32.8 Å². The second-order valence-corrected chi connectivity index (χ2v) is 5.86. The Bertz CT molecular complexity index is 215. The topological polar surface area (TPSA) is 24.5 Å². The molecule has 2 unspecified atom stereocenters. The zero-order chi connectivity index (χ0) is 12.6. The van der Waals surface area contributed by atoms with Crippen LogP contribution in [-0.4, -0.2) is 49.8 Å². The van der Waals surface area contributed by atoms with E-state index < -0.39 is 0 Å². The molecule has 2 heterocycles. The summed E-state index contributed by atoms with van der Waals surface area (Å²) in [5.74, 6) is 0. The van der Waals surface area contributed by atoms with Gasteiger partial charge >= 0.3 is 0 Å². The van der Waals surface area contributed by atoms with Gasteiger partial charge in [-0.15, -0.1) is 0 Å². The first-order valence-corrected chi connectivity index (χ1v) is 7.96. The van der Waals surface area contributed by atoms with E-state index in [2.05, 4.69) is 17.1 Å². The first-order valence-electron chi connectivity index (χ1n) is 7.96. The average molecular weight is 254 g/mol. The smallest absolute Gasteiger partial charge is 0.0589 e. The third-order valence-electron chi connectivity index (χ3n) is 4.29. The monoisotopic (exact) mass is 254 g/mol. The SMILES string of the molecule is CCCC1CC(NCCN2CCCCC2)CCO1. The Morgan fingerprint density at radius 2 is 2.06 bits per heavy atom. The molecule has 0 aliphatic carbocycles. The van der Waals surface area contributed by atoms with Crippen molar-refractivity contribution >= 4 is 0 Å². The van der Waals surface area contributed by atoms with E-state index in [4.69, 9.17) is 4.74 Å². The maximum absolute atomic E-state index is 5.79. The van der Waals surface area contributed by atoms with E-state index in [0.29, 0.717) is 12.1 Å². The summed E-state index contributed by atoms with van der Waals surface area (Å²) in [6.45, 7) is 8.21. The summed E-state index contributed by atoms with van der Waals surface area (Å²) in [6, 6.07) is 0.695. The summed E-state index contributed by atoms with van der Waals surface area (Å²) < 4.78 is 5.79. The third-order valence-corrected chi connectivity index (χ3v) is 4.29. The summed E-state index contributed by atoms with van der Waals surface area (Å²) >= 11 is 0. The van der Waals surface area contributed by atoms with Gasteiger partial charge in [0.1, 0.15) is 0 Å². The van der Waals surface area contributed by atoms with E-state index in [-0.39, 0.29) is 0 Å². The second-order valence-electron chi connectivity index (χ2n) is 5.86. The van der Waals surface area contributed by atoms with Crippen molar-refractivity contribution in [2.24, 2.45) is 0 Å². The lowest BCUT2D eigenvalue weighted by Gasteiger charge is -2.31. The summed E-state index contributed by atoms with van der Waals surface area (Å²) in [4.78, 5) is 2.61. The van der Waals surface area contributed by atoms with Gasteiger partial charge in [0, 0.05) is 25.7 Å². The van der Waals surface area contributed by atoms with E-state index in [1.54, 1.807) is 0 Å². The fourth-order valence-electron chi connectivity index (χ4n) is 3.20. The molecule has 0 aromatic rings. The van der Waals surface area contributed by atoms with Gasteiger partial charge in [-0.1, -0.05) is 19.8 Å². The lowest BCUT2D eigenvalue weighted by Crippen LogP contribution is -2.43. The fourth-order valence-corrected chi connectivity index (χ4v) is 3.20. The molecule has 2 aliphatic heterocycles. The zero-order valence-corrected chi connectivity index (χ0v) is 12.0. The van der Waals surface area contributed by atoms with Crippen LogP contribution in [0.1, 0.15) is 51.9 Å². The first kappa shape index (κ1) is 14.3. The summed E-state index contributed by atoms with van der Waals surface area (Å²) in [7, 11) is 0. The van der Waals surface area contributed by atoms with Gasteiger partial charge in [0.25, 0.3) is 0 Å². The van der Waals surface area contributed by atoms with Gasteiger partial charge in [0.15, 0.2) is 0 Å². The average Bonchev–Trinajstić information content (AvgIpc) is 2.41. The predicted molar refractivity (Wildman–Crippen MR) is 76.0 cm³/mol. The van der Waals surface area contributed by atoms with E-state index in [1.165, 1.54) is 64.6 Å². The molecule has 3 heteroatoms. The predicted octanol–water partition coefficient (Wildman–Crippen LogP) is 2.41. The number of rotatable bonds is 6. The number of piperidine rings is 1. The third kappa shape index (κ3) is 4.87. The number of likely N-dealkylation sites (tertiary alicyclic amines) is 1. The van der Waals surface area contributed by atoms with Crippen LogP contribution in [0.4, 0.5) is 0 Å². The highest BCUT2D eigenvalue weighted by atomic mass is 16.5. The molecule has 2 atom stereocenters. The Hall–Kier alpha value is -0.120. The molecule has 0 aromatic carbocycles. The van der Waals surface area contributed by atoms with Crippen molar-refractivity contribution in [3.8, 4) is 0 Å². The van der Waals surface area contributed by atoms with Crippen LogP contribution < -0.4 is 5.32 Å². The van der Waals surface area contributed by atoms with Crippen LogP contribution in [0, 0.1) is 0 Å². The lowest BCUT2D eigenvalue weighted by atomic mass is 10.00. The summed E-state index contributed by atoms with van der Waals surface area (Å²) in [5, 5.41) is 3.74. The molecule has 0 spiro atoms. The molecule has 1 N–H and O–H groups in total. The molecule has 18 heavy (non-hydrogen) atoms. The molecule has 0 saturated carbocycles. The molecule has 0 aromatic heterocycles. The molecular formula is C15H30N2O. The quantitative estimate of drug-likeness (QED) is 0.788. The minimum Gasteiger partial charge on any atom is -0.378 e. The fraction of sp³-hybridized carbons (Fsp3) is 1.00. The van der Waals surface area contributed by atoms with Crippen molar-refractivity contribution in [3.05, 3.63) is 0 Å². The van der Waals surface area contributed by atoms with Crippen LogP contribution in [0.2, 0.25) is 0 Å². The lowest BCUT2D eigenvalue weighted by molar-refractivity contribution is -0.00344. The first-order chi connectivity index (χ1) is 8.88. The molecule has 2 rings (SSSR count). The number of hydrogen-bond acceptors (Lipinski definition) is 3. The van der Waals surface area contributed by atoms with Gasteiger partial charge in [0.2, 0.25) is 0 Å². The van der Waals surface area contributed by atoms with Crippen LogP contribution in [0.3, 0.4) is 0 Å². The van der Waals surface area contributed by atoms with Gasteiger partial charge < -0.3 is 15.0 Å². The van der Waals surface area contributed by atoms with Crippen molar-refractivity contribution < 1.29 is 4.74 Å². The van der Waals surface area contributed by atoms with Crippen LogP contribution in [0.15, 0.2) is 0 Å². The Labute approximate surface area is 112 Å². The second kappa shape index (κ2) is 8.13. The van der Waals surface area contributed by atoms with Crippen LogP contribution in [0.25, 0.3) is 0 Å². The van der Waals surface area contributed by atoms with E-state index in [9.17, 15) is 0 Å². The molecule has 0 radical (unpaired) electrons. The number of nitrogens with zero attached hydrogens (tertiary/aromatic N) is 1. The summed E-state index contributed by atoms with van der Waals surface area (Å²) in [6.07, 6.45) is 9.62. The number of ether oxygens (including phenoxy) is 1. The number of nitrogens with one attached hydrogen (secondary N) is 1. The summed E-state index contributed by atoms with van der Waals surface area (Å²) in [5.41, 5.74) is 0. The zero-order valence-electron chi connectivity index (χ0n) is 12.0. The Morgan fingerprint density at radius 3 is 2.83 bits per heavy atom. The van der Waals surface area contributed by atoms with Crippen molar-refractivity contribution in [3.63, 3.8) is 0 Å². The largest absolute Gasteiger partial charge is 0.378 e. The Kier molecular flexibility index (Phi) is 6.46. The maximum atomic E-state index is 5.79. The molecule has 2 aliphatic rings. The highest BCUT2D eigenvalue weighted by Crippen LogP contribution is 2.17. The van der Waals surface area contributed by atoms with Gasteiger partial charge in [-0.2, -0.15) is 0 Å². The molecular weight excluding hydrogens is 224 g/mol. The van der Waals surface area contributed by atoms with Gasteiger partial charge in [-0.3, -0.25) is 0 Å². The minimum atomic E-state index is 0.510. The highest BCUT2D eigenvalue weighted by molar-refractivity contribution is 4.77. The van der Waals surface area contributed by atoms with Gasteiger partial charge in [-0.05, 0) is 45.2 Å². The van der Waals surface area contributed by atoms with Crippen molar-refractivity contribution in [2.45, 2.75) is 64.0 Å². The standard InChI is InChI=1S/C15H30N2O/c1-2-6-15-13-14(7-12-18-15)16-8-11-17-9-4-3-5-10-17/h14-16H,2-13H2,1H3. The molecule has 0 bridgehead atoms. The molecule has 2 saturated heterocycles. The Morgan fingerprint density at radius 1 is 1.22 bits per heavy atom. The van der Waals surface area contributed by atoms with E-state index in [0.717, 1.165) is 13.2 Å². The highest BCUT2D eigenvalue weighted by Gasteiger charge is 2.21. The maximum Gasteiger partial charge on any atom is 0.0589 e. The molecule has 3 nitrogen and oxygen atoms in total. The molecule has 2 fully saturated rings. The van der Waals surface area contributed by atoms with Crippen LogP contribution in [0.5, 0.6) is 0 Å². The van der Waals surface area contributed by atoms with E-state index in [1.807, 2.05) is 0 Å². The van der Waals surface area contributed by atoms with Gasteiger partial charge in [-0.25, -0.2) is 0 Å². The molecule has 106 valence electrons. The number of hydrogen-bond donors (Lipinski definition) is 1. The van der Waals surface area contributed by atoms with Gasteiger partial charge in [0.05, 0.1) is 6.10 Å². The van der Waals surface area contributed by atoms with Crippen molar-refractivity contribution in [1.82, 2.24) is 10.2 Å². The Balaban J connectivity index is 1.57. The van der Waals surface area contributed by atoms with Crippen LogP contribution in [-0.2, 0) is 4.74 Å². The normalized spacial score (nSPS) is 30.5. The van der Waals surface area contributed by atoms with E-state index >= 15 is 0 Å².